The third-order valence-electron chi connectivity index (χ3n) is 5.36. The number of carbonyl (C=O) groups is 2. The Morgan fingerprint density at radius 1 is 1.14 bits per heavy atom. The summed E-state index contributed by atoms with van der Waals surface area (Å²) in [4.78, 5) is 26.3. The largest absolute Gasteiger partial charge is 0.478 e. The molecule has 0 aliphatic carbocycles. The van der Waals surface area contributed by atoms with Gasteiger partial charge in [-0.2, -0.15) is 5.26 Å². The summed E-state index contributed by atoms with van der Waals surface area (Å²) < 4.78 is 64.3. The lowest BCUT2D eigenvalue weighted by Crippen LogP contribution is -2.53. The molecular weight excluding hydrogens is 501 g/mol. The van der Waals surface area contributed by atoms with Crippen LogP contribution in [0.15, 0.2) is 58.6 Å². The number of benzene rings is 2. The Hall–Kier alpha value is -3.76. The Bertz CT molecular complexity index is 1530. The van der Waals surface area contributed by atoms with Gasteiger partial charge >= 0.3 is 12.0 Å². The normalized spacial score (nSPS) is 16.9. The van der Waals surface area contributed by atoms with E-state index in [1.165, 1.54) is 37.3 Å². The molecule has 184 valence electrons. The van der Waals surface area contributed by atoms with Crippen molar-refractivity contribution in [2.75, 3.05) is 17.4 Å². The number of halogens is 1. The predicted molar refractivity (Wildman–Crippen MR) is 123 cm³/mol. The number of alkyl halides is 1. The molecule has 2 aromatic rings. The van der Waals surface area contributed by atoms with E-state index in [-0.39, 0.29) is 32.4 Å². The maximum atomic E-state index is 13.6. The van der Waals surface area contributed by atoms with Gasteiger partial charge in [0.2, 0.25) is 10.0 Å². The van der Waals surface area contributed by atoms with Crippen LogP contribution in [0, 0.1) is 11.3 Å². The van der Waals surface area contributed by atoms with Crippen LogP contribution in [0.1, 0.15) is 29.7 Å². The number of urea groups is 1. The van der Waals surface area contributed by atoms with Crippen LogP contribution < -0.4 is 4.90 Å². The minimum absolute atomic E-state index is 0.0247. The standard InChI is InChI=1S/C22H20FN3O7S2/c1-13-19(21(27)28)20(17-8-7-15(12-24)10-18(17)34(2,30)31)26(35(3,32)33)22(29)25(13)16-6-4-5-14(9-16)11-23/h4-10,20H,11H2,1-3H3,(H,27,28)/t20-/m1/s1. The second-order valence-electron chi connectivity index (χ2n) is 7.82. The van der Waals surface area contributed by atoms with Gasteiger partial charge in [-0.1, -0.05) is 18.2 Å². The summed E-state index contributed by atoms with van der Waals surface area (Å²) in [5.41, 5.74) is -0.956. The molecule has 0 radical (unpaired) electrons. The number of carboxylic acid groups (broad SMARTS) is 1. The summed E-state index contributed by atoms with van der Waals surface area (Å²) in [7, 11) is -8.58. The van der Waals surface area contributed by atoms with Crippen LogP contribution in [0.5, 0.6) is 0 Å². The van der Waals surface area contributed by atoms with Crippen LogP contribution >= 0.6 is 0 Å². The molecule has 1 aliphatic heterocycles. The van der Waals surface area contributed by atoms with Crippen LogP contribution in [-0.2, 0) is 31.3 Å². The van der Waals surface area contributed by atoms with Crippen molar-refractivity contribution in [3.8, 4) is 6.07 Å². The van der Waals surface area contributed by atoms with Crippen LogP contribution in [0.3, 0.4) is 0 Å². The van der Waals surface area contributed by atoms with E-state index in [1.807, 2.05) is 0 Å². The first kappa shape index (κ1) is 25.9. The van der Waals surface area contributed by atoms with Crippen molar-refractivity contribution in [2.45, 2.75) is 24.5 Å². The molecule has 2 aromatic carbocycles. The van der Waals surface area contributed by atoms with Gasteiger partial charge in [0.05, 0.1) is 34.0 Å². The second kappa shape index (κ2) is 9.12. The molecule has 0 aromatic heterocycles. The fraction of sp³-hybridized carbons (Fsp3) is 0.227. The first-order chi connectivity index (χ1) is 16.2. The smallest absolute Gasteiger partial charge is 0.343 e. The van der Waals surface area contributed by atoms with Crippen LogP contribution in [-0.4, -0.2) is 50.8 Å². The van der Waals surface area contributed by atoms with E-state index in [0.717, 1.165) is 23.3 Å². The molecule has 3 rings (SSSR count). The number of carboxylic acids is 1. The fourth-order valence-electron chi connectivity index (χ4n) is 3.91. The molecule has 0 bridgehead atoms. The topological polar surface area (TPSA) is 153 Å². The first-order valence-electron chi connectivity index (χ1n) is 9.89. The van der Waals surface area contributed by atoms with Gasteiger partial charge in [-0.25, -0.2) is 35.1 Å². The molecule has 1 N–H and O–H groups in total. The number of allylic oxidation sites excluding steroid dienone is 1. The van der Waals surface area contributed by atoms with Gasteiger partial charge < -0.3 is 5.11 Å². The van der Waals surface area contributed by atoms with Crippen LogP contribution in [0.25, 0.3) is 0 Å². The zero-order chi connectivity index (χ0) is 26.3. The highest BCUT2D eigenvalue weighted by atomic mass is 32.2. The molecule has 10 nitrogen and oxygen atoms in total. The van der Waals surface area contributed by atoms with Crippen LogP contribution in [0.4, 0.5) is 14.9 Å². The number of sulfonamides is 1. The summed E-state index contributed by atoms with van der Waals surface area (Å²) in [6, 6.07) is 7.53. The van der Waals surface area contributed by atoms with Gasteiger partial charge in [0.25, 0.3) is 0 Å². The number of anilines is 1. The molecule has 1 aliphatic rings. The van der Waals surface area contributed by atoms with Gasteiger partial charge in [-0.15, -0.1) is 0 Å². The Balaban J connectivity index is 2.45. The highest BCUT2D eigenvalue weighted by Gasteiger charge is 2.48. The monoisotopic (exact) mass is 521 g/mol. The van der Waals surface area contributed by atoms with Gasteiger partial charge in [-0.05, 0) is 42.3 Å². The zero-order valence-electron chi connectivity index (χ0n) is 18.8. The molecule has 1 heterocycles. The first-order valence-corrected chi connectivity index (χ1v) is 13.6. The molecule has 2 amide bonds. The SMILES string of the molecule is CC1=C(C(=O)O)[C@@H](c2ccc(C#N)cc2S(C)(=O)=O)N(S(C)(=O)=O)C(=O)N1c1cccc(CF)c1. The lowest BCUT2D eigenvalue weighted by atomic mass is 9.93. The molecule has 13 heteroatoms. The molecule has 0 saturated heterocycles. The van der Waals surface area contributed by atoms with E-state index in [9.17, 15) is 41.2 Å². The molecule has 35 heavy (non-hydrogen) atoms. The summed E-state index contributed by atoms with van der Waals surface area (Å²) >= 11 is 0. The minimum atomic E-state index is -4.49. The van der Waals surface area contributed by atoms with Crippen LogP contribution in [0.2, 0.25) is 0 Å². The molecule has 1 atom stereocenters. The summed E-state index contributed by atoms with van der Waals surface area (Å²) in [5, 5.41) is 19.3. The Labute approximate surface area is 201 Å². The Morgan fingerprint density at radius 3 is 2.31 bits per heavy atom. The number of nitrogens with zero attached hydrogens (tertiary/aromatic N) is 3. The Morgan fingerprint density at radius 2 is 1.80 bits per heavy atom. The van der Waals surface area contributed by atoms with Crippen molar-refractivity contribution in [1.82, 2.24) is 4.31 Å². The lowest BCUT2D eigenvalue weighted by Gasteiger charge is -2.41. The van der Waals surface area contributed by atoms with Crippen molar-refractivity contribution in [1.29, 1.82) is 5.26 Å². The van der Waals surface area contributed by atoms with Crippen molar-refractivity contribution in [3.05, 3.63) is 70.4 Å². The highest BCUT2D eigenvalue weighted by molar-refractivity contribution is 7.90. The number of aliphatic carboxylic acids is 1. The second-order valence-corrected chi connectivity index (χ2v) is 11.7. The molecule has 0 saturated carbocycles. The average molecular weight is 522 g/mol. The van der Waals surface area contributed by atoms with Gasteiger partial charge in [-0.3, -0.25) is 4.90 Å². The van der Waals surface area contributed by atoms with E-state index < -0.39 is 55.0 Å². The molecule has 0 fully saturated rings. The average Bonchev–Trinajstić information content (AvgIpc) is 2.76. The molecule has 0 unspecified atom stereocenters. The van der Waals surface area contributed by atoms with Crippen molar-refractivity contribution in [2.24, 2.45) is 0 Å². The Kier molecular flexibility index (Phi) is 6.74. The number of carbonyl (C=O) groups excluding carboxylic acids is 1. The summed E-state index contributed by atoms with van der Waals surface area (Å²) in [5.74, 6) is -1.61. The minimum Gasteiger partial charge on any atom is -0.478 e. The third kappa shape index (κ3) is 4.75. The number of sulfone groups is 1. The lowest BCUT2D eigenvalue weighted by molar-refractivity contribution is -0.133. The number of nitriles is 1. The van der Waals surface area contributed by atoms with E-state index in [4.69, 9.17) is 0 Å². The number of rotatable bonds is 6. The number of hydrogen-bond acceptors (Lipinski definition) is 7. The maximum Gasteiger partial charge on any atom is 0.343 e. The van der Waals surface area contributed by atoms with Gasteiger partial charge in [0, 0.05) is 12.0 Å². The molecule has 0 spiro atoms. The fourth-order valence-corrected chi connectivity index (χ4v) is 5.82. The predicted octanol–water partition coefficient (Wildman–Crippen LogP) is 2.73. The van der Waals surface area contributed by atoms with E-state index in [1.54, 1.807) is 6.07 Å². The van der Waals surface area contributed by atoms with Gasteiger partial charge in [0.15, 0.2) is 9.84 Å². The summed E-state index contributed by atoms with van der Waals surface area (Å²) in [6.07, 6.45) is 1.49. The quantitative estimate of drug-likeness (QED) is 0.609. The van der Waals surface area contributed by atoms with Gasteiger partial charge in [0.1, 0.15) is 12.7 Å². The third-order valence-corrected chi connectivity index (χ3v) is 7.59. The highest BCUT2D eigenvalue weighted by Crippen LogP contribution is 2.43. The van der Waals surface area contributed by atoms with E-state index in [0.29, 0.717) is 6.26 Å². The van der Waals surface area contributed by atoms with Crippen molar-refractivity contribution < 1.29 is 35.9 Å². The number of hydrogen-bond donors (Lipinski definition) is 1. The molecular formula is C22H20FN3O7S2. The van der Waals surface area contributed by atoms with Crippen molar-refractivity contribution >= 4 is 37.5 Å². The summed E-state index contributed by atoms with van der Waals surface area (Å²) in [6.45, 7) is 0.381. The maximum absolute atomic E-state index is 13.6. The van der Waals surface area contributed by atoms with Crippen molar-refractivity contribution in [3.63, 3.8) is 0 Å². The van der Waals surface area contributed by atoms with E-state index >= 15 is 0 Å². The number of amides is 2. The van der Waals surface area contributed by atoms with E-state index in [2.05, 4.69) is 0 Å². The zero-order valence-corrected chi connectivity index (χ0v) is 20.4.